The number of carbonyl (C=O) groups is 1. The third-order valence-electron chi connectivity index (χ3n) is 4.50. The van der Waals surface area contributed by atoms with Crippen LogP contribution >= 0.6 is 0 Å². The van der Waals surface area contributed by atoms with Gasteiger partial charge < -0.3 is 14.2 Å². The van der Waals surface area contributed by atoms with Crippen molar-refractivity contribution in [3.05, 3.63) is 42.3 Å². The molecule has 0 unspecified atom stereocenters. The number of aryl methyl sites for hydroxylation is 1. The highest BCUT2D eigenvalue weighted by atomic mass is 16.5. The maximum absolute atomic E-state index is 12.5. The van der Waals surface area contributed by atoms with Crippen LogP contribution in [0.2, 0.25) is 0 Å². The zero-order chi connectivity index (χ0) is 18.6. The van der Waals surface area contributed by atoms with Crippen LogP contribution in [0.15, 0.2) is 35.1 Å². The summed E-state index contributed by atoms with van der Waals surface area (Å²) in [6.45, 7) is 3.05. The van der Waals surface area contributed by atoms with Gasteiger partial charge in [0.2, 0.25) is 5.89 Å². The summed E-state index contributed by atoms with van der Waals surface area (Å²) in [4.78, 5) is 18.6. The normalized spacial score (nSPS) is 17.1. The Labute approximate surface area is 155 Å². The van der Waals surface area contributed by atoms with Gasteiger partial charge in [0.15, 0.2) is 12.4 Å². The highest BCUT2D eigenvalue weighted by Crippen LogP contribution is 2.25. The number of tetrazole rings is 1. The summed E-state index contributed by atoms with van der Waals surface area (Å²) in [7, 11) is 0. The van der Waals surface area contributed by atoms with Gasteiger partial charge in [0.05, 0.1) is 5.69 Å². The first-order chi connectivity index (χ1) is 13.2. The maximum Gasteiger partial charge on any atom is 0.260 e. The van der Waals surface area contributed by atoms with E-state index in [0.29, 0.717) is 30.6 Å². The average Bonchev–Trinajstić information content (AvgIpc) is 3.38. The quantitative estimate of drug-likeness (QED) is 0.658. The summed E-state index contributed by atoms with van der Waals surface area (Å²) in [5.41, 5.74) is 0.813. The molecule has 1 aliphatic rings. The van der Waals surface area contributed by atoms with Crippen molar-refractivity contribution in [1.29, 1.82) is 0 Å². The molecule has 1 aliphatic heterocycles. The number of piperidine rings is 1. The van der Waals surface area contributed by atoms with Crippen LogP contribution in [0.3, 0.4) is 0 Å². The number of nitrogens with zero attached hydrogens (tertiary/aromatic N) is 7. The van der Waals surface area contributed by atoms with Gasteiger partial charge in [-0.3, -0.25) is 4.79 Å². The van der Waals surface area contributed by atoms with Gasteiger partial charge in [0.25, 0.3) is 5.91 Å². The topological polar surface area (TPSA) is 112 Å². The lowest BCUT2D eigenvalue weighted by molar-refractivity contribution is -0.134. The molecular weight excluding hydrogens is 350 g/mol. The molecule has 0 radical (unpaired) electrons. The van der Waals surface area contributed by atoms with Crippen LogP contribution < -0.4 is 4.74 Å². The monoisotopic (exact) mass is 369 g/mol. The van der Waals surface area contributed by atoms with Crippen molar-refractivity contribution in [3.8, 4) is 11.4 Å². The van der Waals surface area contributed by atoms with Crippen LogP contribution in [-0.2, 0) is 4.79 Å². The second-order valence-corrected chi connectivity index (χ2v) is 6.39. The number of rotatable bonds is 5. The molecule has 0 saturated carbocycles. The molecule has 1 aromatic carbocycles. The Kier molecular flexibility index (Phi) is 4.77. The van der Waals surface area contributed by atoms with Crippen molar-refractivity contribution >= 4 is 5.91 Å². The van der Waals surface area contributed by atoms with Gasteiger partial charge in [0, 0.05) is 25.9 Å². The second kappa shape index (κ2) is 7.52. The minimum atomic E-state index is -0.0514. The molecule has 2 aromatic heterocycles. The number of benzene rings is 1. The average molecular weight is 369 g/mol. The third-order valence-corrected chi connectivity index (χ3v) is 4.50. The molecule has 10 nitrogen and oxygen atoms in total. The maximum atomic E-state index is 12.5. The van der Waals surface area contributed by atoms with E-state index in [1.165, 1.54) is 6.33 Å². The Morgan fingerprint density at radius 1 is 1.33 bits per heavy atom. The summed E-state index contributed by atoms with van der Waals surface area (Å²) >= 11 is 0. The summed E-state index contributed by atoms with van der Waals surface area (Å²) < 4.78 is 12.2. The highest BCUT2D eigenvalue weighted by molar-refractivity contribution is 5.78. The standard InChI is InChI=1S/C17H19N7O3/c1-12-19-17(20-27-12)13-3-2-8-23(9-13)16(25)10-26-15-6-4-14(5-7-15)24-11-18-21-22-24/h4-7,11,13H,2-3,8-10H2,1H3/t13-/m0/s1. The Balaban J connectivity index is 1.32. The van der Waals surface area contributed by atoms with E-state index < -0.39 is 0 Å². The molecule has 10 heteroatoms. The molecule has 4 rings (SSSR count). The Morgan fingerprint density at radius 3 is 2.89 bits per heavy atom. The fourth-order valence-electron chi connectivity index (χ4n) is 3.11. The highest BCUT2D eigenvalue weighted by Gasteiger charge is 2.27. The summed E-state index contributed by atoms with van der Waals surface area (Å²) in [6.07, 6.45) is 3.37. The minimum absolute atomic E-state index is 0.0117. The number of likely N-dealkylation sites (tertiary alicyclic amines) is 1. The molecule has 27 heavy (non-hydrogen) atoms. The minimum Gasteiger partial charge on any atom is -0.484 e. The lowest BCUT2D eigenvalue weighted by Crippen LogP contribution is -2.41. The van der Waals surface area contributed by atoms with E-state index in [-0.39, 0.29) is 18.4 Å². The van der Waals surface area contributed by atoms with E-state index in [1.54, 1.807) is 28.6 Å². The lowest BCUT2D eigenvalue weighted by atomic mass is 9.97. The van der Waals surface area contributed by atoms with Crippen molar-refractivity contribution in [2.45, 2.75) is 25.7 Å². The first-order valence-corrected chi connectivity index (χ1v) is 8.73. The Hall–Kier alpha value is -3.30. The molecule has 1 saturated heterocycles. The number of ether oxygens (including phenoxy) is 1. The van der Waals surface area contributed by atoms with Gasteiger partial charge in [-0.2, -0.15) is 4.98 Å². The molecule has 3 aromatic rings. The molecule has 3 heterocycles. The number of aromatic nitrogens is 6. The van der Waals surface area contributed by atoms with E-state index in [0.717, 1.165) is 18.5 Å². The lowest BCUT2D eigenvalue weighted by Gasteiger charge is -2.31. The SMILES string of the molecule is Cc1nc([C@H]2CCCN(C(=O)COc3ccc(-n4cnnn4)cc3)C2)no1. The van der Waals surface area contributed by atoms with E-state index >= 15 is 0 Å². The van der Waals surface area contributed by atoms with Crippen LogP contribution in [0, 0.1) is 6.92 Å². The van der Waals surface area contributed by atoms with Crippen molar-refractivity contribution in [2.24, 2.45) is 0 Å². The predicted octanol–water partition coefficient (Wildman–Crippen LogP) is 1.14. The van der Waals surface area contributed by atoms with E-state index in [2.05, 4.69) is 25.7 Å². The molecule has 1 amide bonds. The van der Waals surface area contributed by atoms with E-state index in [9.17, 15) is 4.79 Å². The van der Waals surface area contributed by atoms with E-state index in [1.807, 2.05) is 12.1 Å². The molecule has 0 aliphatic carbocycles. The molecule has 0 bridgehead atoms. The van der Waals surface area contributed by atoms with Gasteiger partial charge >= 0.3 is 0 Å². The Morgan fingerprint density at radius 2 is 2.19 bits per heavy atom. The van der Waals surface area contributed by atoms with Gasteiger partial charge in [-0.05, 0) is 47.5 Å². The predicted molar refractivity (Wildman–Crippen MR) is 92.2 cm³/mol. The van der Waals surface area contributed by atoms with Crippen LogP contribution in [0.25, 0.3) is 5.69 Å². The first kappa shape index (κ1) is 17.1. The van der Waals surface area contributed by atoms with Crippen LogP contribution in [0.5, 0.6) is 5.75 Å². The molecule has 0 spiro atoms. The van der Waals surface area contributed by atoms with Crippen LogP contribution in [-0.4, -0.2) is 60.9 Å². The molecule has 1 atom stereocenters. The summed E-state index contributed by atoms with van der Waals surface area (Å²) in [6, 6.07) is 7.22. The fraction of sp³-hybridized carbons (Fsp3) is 0.412. The van der Waals surface area contributed by atoms with Gasteiger partial charge in [-0.15, -0.1) is 5.10 Å². The van der Waals surface area contributed by atoms with Gasteiger partial charge in [-0.1, -0.05) is 5.16 Å². The van der Waals surface area contributed by atoms with Gasteiger partial charge in [0.1, 0.15) is 12.1 Å². The first-order valence-electron chi connectivity index (χ1n) is 8.73. The number of amides is 1. The van der Waals surface area contributed by atoms with Crippen LogP contribution in [0.1, 0.15) is 30.5 Å². The largest absolute Gasteiger partial charge is 0.484 e. The third kappa shape index (κ3) is 3.94. The molecular formula is C17H19N7O3. The number of carbonyl (C=O) groups excluding carboxylic acids is 1. The number of hydrogen-bond donors (Lipinski definition) is 0. The Bertz CT molecular complexity index is 892. The zero-order valence-corrected chi connectivity index (χ0v) is 14.9. The van der Waals surface area contributed by atoms with Crippen molar-refractivity contribution in [3.63, 3.8) is 0 Å². The van der Waals surface area contributed by atoms with Crippen molar-refractivity contribution in [1.82, 2.24) is 35.2 Å². The van der Waals surface area contributed by atoms with Crippen molar-refractivity contribution < 1.29 is 14.1 Å². The number of hydrogen-bond acceptors (Lipinski definition) is 8. The molecule has 0 N–H and O–H groups in total. The molecule has 140 valence electrons. The summed E-state index contributed by atoms with van der Waals surface area (Å²) in [5.74, 6) is 1.88. The van der Waals surface area contributed by atoms with Gasteiger partial charge in [-0.25, -0.2) is 4.68 Å². The molecule has 1 fully saturated rings. The smallest absolute Gasteiger partial charge is 0.260 e. The van der Waals surface area contributed by atoms with Crippen molar-refractivity contribution in [2.75, 3.05) is 19.7 Å². The van der Waals surface area contributed by atoms with Crippen LogP contribution in [0.4, 0.5) is 0 Å². The second-order valence-electron chi connectivity index (χ2n) is 6.39. The fourth-order valence-corrected chi connectivity index (χ4v) is 3.11. The summed E-state index contributed by atoms with van der Waals surface area (Å²) in [5, 5.41) is 15.0. The van der Waals surface area contributed by atoms with E-state index in [4.69, 9.17) is 9.26 Å². The zero-order valence-electron chi connectivity index (χ0n) is 14.9.